The van der Waals surface area contributed by atoms with Crippen LogP contribution >= 0.6 is 0 Å². The van der Waals surface area contributed by atoms with Gasteiger partial charge in [-0.15, -0.1) is 0 Å². The normalized spacial score (nSPS) is 13.9. The largest absolute Gasteiger partial charge is 0.461 e. The molecule has 4 heteroatoms. The Morgan fingerprint density at radius 2 is 2.21 bits per heavy atom. The summed E-state index contributed by atoms with van der Waals surface area (Å²) in [4.78, 5) is 24.0. The Kier molecular flexibility index (Phi) is 2.66. The zero-order valence-corrected chi connectivity index (χ0v) is 11.0. The maximum atomic E-state index is 12.0. The van der Waals surface area contributed by atoms with Gasteiger partial charge >= 0.3 is 5.97 Å². The number of nitrogens with zero attached hydrogens (tertiary/aromatic N) is 1. The minimum Gasteiger partial charge on any atom is -0.461 e. The standard InChI is InChI=1S/C15H15NO3/c1-3-19-15(18)12-8-11-9(2)4-5-10-13(17)6-7-16(12)14(10)11/h4-5,8H,3,6-7H2,1-2H3. The van der Waals surface area contributed by atoms with E-state index in [9.17, 15) is 9.59 Å². The van der Waals surface area contributed by atoms with Gasteiger partial charge in [0.1, 0.15) is 5.69 Å². The molecule has 0 radical (unpaired) electrons. The minimum absolute atomic E-state index is 0.144. The number of esters is 1. The molecule has 1 aromatic heterocycles. The second kappa shape index (κ2) is 4.23. The number of ketones is 1. The molecule has 2 heterocycles. The van der Waals surface area contributed by atoms with Crippen molar-refractivity contribution < 1.29 is 14.3 Å². The van der Waals surface area contributed by atoms with Gasteiger partial charge in [0.25, 0.3) is 0 Å². The molecule has 4 nitrogen and oxygen atoms in total. The van der Waals surface area contributed by atoms with Crippen molar-refractivity contribution in [3.8, 4) is 0 Å². The van der Waals surface area contributed by atoms with Gasteiger partial charge in [-0.2, -0.15) is 0 Å². The monoisotopic (exact) mass is 257 g/mol. The first-order chi connectivity index (χ1) is 9.13. The molecule has 1 aliphatic rings. The van der Waals surface area contributed by atoms with Crippen molar-refractivity contribution in [2.75, 3.05) is 6.61 Å². The van der Waals surface area contributed by atoms with Gasteiger partial charge in [0.15, 0.2) is 5.78 Å². The van der Waals surface area contributed by atoms with Crippen LogP contribution in [0.2, 0.25) is 0 Å². The van der Waals surface area contributed by atoms with Crippen molar-refractivity contribution in [2.24, 2.45) is 0 Å². The van der Waals surface area contributed by atoms with Gasteiger partial charge in [0.05, 0.1) is 12.1 Å². The maximum Gasteiger partial charge on any atom is 0.354 e. The van der Waals surface area contributed by atoms with Gasteiger partial charge in [0, 0.05) is 23.9 Å². The number of ether oxygens (including phenoxy) is 1. The van der Waals surface area contributed by atoms with Crippen LogP contribution in [0.3, 0.4) is 0 Å². The van der Waals surface area contributed by atoms with E-state index < -0.39 is 0 Å². The summed E-state index contributed by atoms with van der Waals surface area (Å²) in [5.41, 5.74) is 3.19. The topological polar surface area (TPSA) is 48.3 Å². The lowest BCUT2D eigenvalue weighted by molar-refractivity contribution is 0.0513. The Hall–Kier alpha value is -2.10. The van der Waals surface area contributed by atoms with E-state index in [4.69, 9.17) is 4.74 Å². The Morgan fingerprint density at radius 1 is 1.42 bits per heavy atom. The summed E-state index contributed by atoms with van der Waals surface area (Å²) < 4.78 is 7.00. The molecule has 3 rings (SSSR count). The molecule has 0 unspecified atom stereocenters. The third-order valence-corrected chi connectivity index (χ3v) is 3.62. The van der Waals surface area contributed by atoms with Crippen LogP contribution in [0.1, 0.15) is 39.8 Å². The zero-order chi connectivity index (χ0) is 13.6. The van der Waals surface area contributed by atoms with Crippen LogP contribution in [-0.2, 0) is 11.3 Å². The third kappa shape index (κ3) is 1.67. The van der Waals surface area contributed by atoms with Gasteiger partial charge in [-0.3, -0.25) is 4.79 Å². The lowest BCUT2D eigenvalue weighted by Crippen LogP contribution is -2.19. The average molecular weight is 257 g/mol. The molecule has 1 aliphatic heterocycles. The number of aromatic nitrogens is 1. The molecule has 0 saturated heterocycles. The lowest BCUT2D eigenvalue weighted by Gasteiger charge is -2.17. The molecule has 0 bridgehead atoms. The van der Waals surface area contributed by atoms with Crippen molar-refractivity contribution in [1.29, 1.82) is 0 Å². The van der Waals surface area contributed by atoms with E-state index in [0.717, 1.165) is 16.5 Å². The summed E-state index contributed by atoms with van der Waals surface area (Å²) in [5, 5.41) is 0.966. The summed E-state index contributed by atoms with van der Waals surface area (Å²) in [6, 6.07) is 5.62. The van der Waals surface area contributed by atoms with E-state index in [1.807, 2.05) is 29.7 Å². The van der Waals surface area contributed by atoms with Gasteiger partial charge in [-0.1, -0.05) is 6.07 Å². The molecule has 0 aliphatic carbocycles. The molecule has 19 heavy (non-hydrogen) atoms. The van der Waals surface area contributed by atoms with Crippen LogP contribution in [0, 0.1) is 6.92 Å². The van der Waals surface area contributed by atoms with Crippen molar-refractivity contribution in [3.63, 3.8) is 0 Å². The van der Waals surface area contributed by atoms with Gasteiger partial charge in [-0.25, -0.2) is 4.79 Å². The lowest BCUT2D eigenvalue weighted by atomic mass is 10.00. The highest BCUT2D eigenvalue weighted by Crippen LogP contribution is 2.31. The molecule has 2 aromatic rings. The summed E-state index contributed by atoms with van der Waals surface area (Å²) >= 11 is 0. The number of hydrogen-bond acceptors (Lipinski definition) is 3. The number of Topliss-reactive ketones (excluding diaryl/α,β-unsaturated/α-hetero) is 1. The van der Waals surface area contributed by atoms with E-state index >= 15 is 0 Å². The van der Waals surface area contributed by atoms with Crippen LogP contribution in [-0.4, -0.2) is 22.9 Å². The maximum absolute atomic E-state index is 12.0. The second-order valence-electron chi connectivity index (χ2n) is 4.77. The fourth-order valence-corrected chi connectivity index (χ4v) is 2.70. The van der Waals surface area contributed by atoms with Crippen LogP contribution in [0.4, 0.5) is 0 Å². The summed E-state index contributed by atoms with van der Waals surface area (Å²) in [6.45, 7) is 4.67. The summed E-state index contributed by atoms with van der Waals surface area (Å²) in [6.07, 6.45) is 0.437. The number of carbonyl (C=O) groups is 2. The fourth-order valence-electron chi connectivity index (χ4n) is 2.70. The molecule has 98 valence electrons. The minimum atomic E-state index is -0.321. The van der Waals surface area contributed by atoms with E-state index in [2.05, 4.69) is 0 Å². The van der Waals surface area contributed by atoms with Gasteiger partial charge in [0.2, 0.25) is 0 Å². The summed E-state index contributed by atoms with van der Waals surface area (Å²) in [7, 11) is 0. The molecule has 1 aromatic carbocycles. The first-order valence-electron chi connectivity index (χ1n) is 6.46. The third-order valence-electron chi connectivity index (χ3n) is 3.62. The predicted molar refractivity (Wildman–Crippen MR) is 71.6 cm³/mol. The van der Waals surface area contributed by atoms with Gasteiger partial charge in [-0.05, 0) is 31.5 Å². The van der Waals surface area contributed by atoms with Crippen molar-refractivity contribution >= 4 is 22.7 Å². The molecule has 0 atom stereocenters. The smallest absolute Gasteiger partial charge is 0.354 e. The van der Waals surface area contributed by atoms with E-state index in [1.165, 1.54) is 0 Å². The second-order valence-corrected chi connectivity index (χ2v) is 4.77. The SMILES string of the molecule is CCOC(=O)c1cc2c(C)ccc3c2n1CCC3=O. The van der Waals surface area contributed by atoms with Crippen LogP contribution in [0.15, 0.2) is 18.2 Å². The molecular formula is C15H15NO3. The molecule has 0 saturated carbocycles. The highest BCUT2D eigenvalue weighted by molar-refractivity contribution is 6.11. The molecule has 0 spiro atoms. The van der Waals surface area contributed by atoms with Crippen LogP contribution < -0.4 is 0 Å². The predicted octanol–water partition coefficient (Wildman–Crippen LogP) is 2.71. The van der Waals surface area contributed by atoms with Crippen LogP contribution in [0.25, 0.3) is 10.9 Å². The van der Waals surface area contributed by atoms with Crippen molar-refractivity contribution in [3.05, 3.63) is 35.0 Å². The number of carbonyl (C=O) groups excluding carboxylic acids is 2. The quantitative estimate of drug-likeness (QED) is 0.777. The highest BCUT2D eigenvalue weighted by atomic mass is 16.5. The highest BCUT2D eigenvalue weighted by Gasteiger charge is 2.25. The first kappa shape index (κ1) is 12.0. The first-order valence-corrected chi connectivity index (χ1v) is 6.46. The Morgan fingerprint density at radius 3 is 2.95 bits per heavy atom. The number of hydrogen-bond donors (Lipinski definition) is 0. The molecule has 0 amide bonds. The Labute approximate surface area is 111 Å². The van der Waals surface area contributed by atoms with Gasteiger partial charge < -0.3 is 9.30 Å². The molecule has 0 N–H and O–H groups in total. The summed E-state index contributed by atoms with van der Waals surface area (Å²) in [5.74, 6) is -0.176. The van der Waals surface area contributed by atoms with E-state index in [-0.39, 0.29) is 11.8 Å². The van der Waals surface area contributed by atoms with Crippen molar-refractivity contribution in [1.82, 2.24) is 4.57 Å². The average Bonchev–Trinajstić information content (AvgIpc) is 2.78. The molecule has 0 fully saturated rings. The Bertz CT molecular complexity index is 697. The number of benzene rings is 1. The molecular weight excluding hydrogens is 242 g/mol. The van der Waals surface area contributed by atoms with E-state index in [1.54, 1.807) is 6.92 Å². The van der Waals surface area contributed by atoms with Crippen molar-refractivity contribution in [2.45, 2.75) is 26.8 Å². The fraction of sp³-hybridized carbons (Fsp3) is 0.333. The Balaban J connectivity index is 2.31. The van der Waals surface area contributed by atoms with Crippen LogP contribution in [0.5, 0.6) is 0 Å². The zero-order valence-electron chi connectivity index (χ0n) is 11.0. The number of rotatable bonds is 2. The number of aryl methyl sites for hydroxylation is 2. The van der Waals surface area contributed by atoms with E-state index in [0.29, 0.717) is 30.8 Å².